The zero-order valence-electron chi connectivity index (χ0n) is 28.9. The number of ether oxygens (including phenoxy) is 6. The number of aryl methyl sites for hydroxylation is 2. The van der Waals surface area contributed by atoms with Crippen molar-refractivity contribution in [3.05, 3.63) is 105 Å². The average Bonchev–Trinajstić information content (AvgIpc) is 3.97. The Kier molecular flexibility index (Phi) is 8.22. The molecule has 6 nitrogen and oxygen atoms in total. The van der Waals surface area contributed by atoms with E-state index in [-0.39, 0.29) is 24.4 Å². The van der Waals surface area contributed by atoms with Gasteiger partial charge in [0.2, 0.25) is 0 Å². The quantitative estimate of drug-likeness (QED) is 0.128. The van der Waals surface area contributed by atoms with Crippen molar-refractivity contribution in [1.29, 1.82) is 0 Å². The van der Waals surface area contributed by atoms with E-state index < -0.39 is 5.41 Å². The molecule has 0 aromatic heterocycles. The zero-order valence-corrected chi connectivity index (χ0v) is 28.9. The minimum Gasteiger partial charge on any atom is -0.487 e. The third-order valence-corrected chi connectivity index (χ3v) is 9.43. The summed E-state index contributed by atoms with van der Waals surface area (Å²) in [4.78, 5) is 0. The average molecular weight is 635 g/mol. The molecule has 4 aromatic rings. The van der Waals surface area contributed by atoms with Crippen LogP contribution in [0.25, 0.3) is 11.1 Å². The first kappa shape index (κ1) is 31.6. The van der Waals surface area contributed by atoms with Crippen LogP contribution in [0.2, 0.25) is 0 Å². The van der Waals surface area contributed by atoms with E-state index in [1.54, 1.807) is 0 Å². The van der Waals surface area contributed by atoms with Crippen molar-refractivity contribution in [1.82, 2.24) is 0 Å². The van der Waals surface area contributed by atoms with Crippen LogP contribution in [0.15, 0.2) is 60.7 Å². The highest BCUT2D eigenvalue weighted by Gasteiger charge is 2.50. The molecule has 2 saturated heterocycles. The van der Waals surface area contributed by atoms with Gasteiger partial charge in [0.05, 0.1) is 30.8 Å². The molecule has 246 valence electrons. The summed E-state index contributed by atoms with van der Waals surface area (Å²) in [5.74, 6) is 3.07. The van der Waals surface area contributed by atoms with Crippen LogP contribution in [0.4, 0.5) is 0 Å². The van der Waals surface area contributed by atoms with Crippen LogP contribution < -0.4 is 18.9 Å². The monoisotopic (exact) mass is 634 g/mol. The summed E-state index contributed by atoms with van der Waals surface area (Å²) in [5.41, 5.74) is 11.1. The highest BCUT2D eigenvalue weighted by molar-refractivity contribution is 5.88. The van der Waals surface area contributed by atoms with Crippen LogP contribution in [0, 0.1) is 27.7 Å². The smallest absolute Gasteiger partial charge is 0.164 e. The van der Waals surface area contributed by atoms with Crippen molar-refractivity contribution < 1.29 is 28.4 Å². The maximum absolute atomic E-state index is 6.63. The van der Waals surface area contributed by atoms with Crippen molar-refractivity contribution in [2.45, 2.75) is 85.2 Å². The molecule has 3 aliphatic rings. The Hall–Kier alpha value is -4.00. The zero-order chi connectivity index (χ0) is 33.0. The molecule has 0 bridgehead atoms. The normalized spacial score (nSPS) is 18.6. The first-order valence-electron chi connectivity index (χ1n) is 16.9. The van der Waals surface area contributed by atoms with E-state index in [2.05, 4.69) is 116 Å². The summed E-state index contributed by atoms with van der Waals surface area (Å²) >= 11 is 0. The van der Waals surface area contributed by atoms with Crippen LogP contribution in [-0.2, 0) is 14.9 Å². The SMILES string of the molecule is Cc1cc(OCC2CO2)c(OC(C)C)c(C)c1C1(c2c(C)cc(OCC3CO3)c(OC(C)C)c2C)c2ccccc2-c2ccccc21. The fourth-order valence-corrected chi connectivity index (χ4v) is 7.58. The van der Waals surface area contributed by atoms with Gasteiger partial charge in [0.25, 0.3) is 0 Å². The molecule has 0 spiro atoms. The minimum atomic E-state index is -0.671. The van der Waals surface area contributed by atoms with Gasteiger partial charge < -0.3 is 28.4 Å². The predicted octanol–water partition coefficient (Wildman–Crippen LogP) is 8.41. The summed E-state index contributed by atoms with van der Waals surface area (Å²) < 4.78 is 37.0. The van der Waals surface area contributed by atoms with E-state index >= 15 is 0 Å². The van der Waals surface area contributed by atoms with Crippen LogP contribution in [0.3, 0.4) is 0 Å². The summed E-state index contributed by atoms with van der Waals surface area (Å²) in [6, 6.07) is 22.0. The molecule has 4 aromatic carbocycles. The van der Waals surface area contributed by atoms with Gasteiger partial charge in [-0.05, 0) is 123 Å². The van der Waals surface area contributed by atoms with Gasteiger partial charge in [-0.2, -0.15) is 0 Å². The summed E-state index contributed by atoms with van der Waals surface area (Å²) in [5, 5.41) is 0. The minimum absolute atomic E-state index is 0.0377. The molecule has 2 unspecified atom stereocenters. The van der Waals surface area contributed by atoms with Gasteiger partial charge in [-0.3, -0.25) is 0 Å². The Morgan fingerprint density at radius 1 is 0.638 bits per heavy atom. The Balaban J connectivity index is 1.57. The highest BCUT2D eigenvalue weighted by Crippen LogP contribution is 2.61. The molecule has 2 aliphatic heterocycles. The standard InChI is InChI=1S/C41H46O6/c1-23(2)46-39-27(7)37(25(5)17-35(39)44-21-29-19-42-29)41(33-15-11-9-13-31(33)32-14-10-12-16-34(32)41)38-26(6)18-36(45-22-30-20-43-30)40(28(38)8)47-24(3)4/h9-18,23-24,29-30H,19-22H2,1-8H3. The van der Waals surface area contributed by atoms with Gasteiger partial charge in [-0.25, -0.2) is 0 Å². The first-order chi connectivity index (χ1) is 22.6. The maximum atomic E-state index is 6.63. The van der Waals surface area contributed by atoms with Gasteiger partial charge in [0.15, 0.2) is 23.0 Å². The van der Waals surface area contributed by atoms with E-state index in [0.717, 1.165) is 58.5 Å². The second-order valence-electron chi connectivity index (χ2n) is 13.7. The molecule has 2 heterocycles. The molecular weight excluding hydrogens is 588 g/mol. The Morgan fingerprint density at radius 3 is 1.38 bits per heavy atom. The van der Waals surface area contributed by atoms with Gasteiger partial charge in [0.1, 0.15) is 25.4 Å². The van der Waals surface area contributed by atoms with Crippen LogP contribution in [0.1, 0.15) is 72.2 Å². The Morgan fingerprint density at radius 2 is 1.02 bits per heavy atom. The van der Waals surface area contributed by atoms with Gasteiger partial charge in [0, 0.05) is 0 Å². The lowest BCUT2D eigenvalue weighted by molar-refractivity contribution is 0.210. The molecule has 0 radical (unpaired) electrons. The van der Waals surface area contributed by atoms with Crippen LogP contribution >= 0.6 is 0 Å². The van der Waals surface area contributed by atoms with Gasteiger partial charge in [-0.1, -0.05) is 48.5 Å². The summed E-state index contributed by atoms with van der Waals surface area (Å²) in [7, 11) is 0. The molecule has 1 aliphatic carbocycles. The highest BCUT2D eigenvalue weighted by atomic mass is 16.6. The Bertz CT molecular complexity index is 1680. The topological polar surface area (TPSA) is 62.0 Å². The lowest BCUT2D eigenvalue weighted by Gasteiger charge is -2.40. The number of epoxide rings is 2. The molecule has 0 saturated carbocycles. The van der Waals surface area contributed by atoms with Gasteiger partial charge in [-0.15, -0.1) is 0 Å². The maximum Gasteiger partial charge on any atom is 0.164 e. The molecule has 6 heteroatoms. The molecule has 0 amide bonds. The summed E-state index contributed by atoms with van der Waals surface area (Å²) in [6.07, 6.45) is 0.201. The van der Waals surface area contributed by atoms with Crippen molar-refractivity contribution in [2.75, 3.05) is 26.4 Å². The van der Waals surface area contributed by atoms with Crippen LogP contribution in [-0.4, -0.2) is 50.8 Å². The fraction of sp³-hybridized carbons (Fsp3) is 0.415. The largest absolute Gasteiger partial charge is 0.487 e. The fourth-order valence-electron chi connectivity index (χ4n) is 7.58. The van der Waals surface area contributed by atoms with E-state index in [1.807, 2.05) is 0 Å². The Labute approximate surface area is 278 Å². The number of benzene rings is 4. The number of hydrogen-bond donors (Lipinski definition) is 0. The first-order valence-corrected chi connectivity index (χ1v) is 16.9. The number of rotatable bonds is 12. The van der Waals surface area contributed by atoms with E-state index in [1.165, 1.54) is 33.4 Å². The lowest BCUT2D eigenvalue weighted by Crippen LogP contribution is -2.33. The third kappa shape index (κ3) is 5.55. The van der Waals surface area contributed by atoms with Gasteiger partial charge >= 0.3 is 0 Å². The van der Waals surface area contributed by atoms with Crippen molar-refractivity contribution in [3.8, 4) is 34.1 Å². The molecular formula is C41H46O6. The number of fused-ring (bicyclic) bond motifs is 3. The molecule has 2 atom stereocenters. The van der Waals surface area contributed by atoms with Crippen molar-refractivity contribution in [3.63, 3.8) is 0 Å². The van der Waals surface area contributed by atoms with Crippen molar-refractivity contribution >= 4 is 0 Å². The van der Waals surface area contributed by atoms with E-state index in [0.29, 0.717) is 13.2 Å². The molecule has 0 N–H and O–H groups in total. The van der Waals surface area contributed by atoms with Crippen molar-refractivity contribution in [2.24, 2.45) is 0 Å². The molecule has 2 fully saturated rings. The second kappa shape index (κ2) is 12.2. The third-order valence-electron chi connectivity index (χ3n) is 9.43. The molecule has 7 rings (SSSR count). The predicted molar refractivity (Wildman–Crippen MR) is 185 cm³/mol. The molecule has 47 heavy (non-hydrogen) atoms. The van der Waals surface area contributed by atoms with Crippen LogP contribution in [0.5, 0.6) is 23.0 Å². The van der Waals surface area contributed by atoms with E-state index in [9.17, 15) is 0 Å². The number of hydrogen-bond acceptors (Lipinski definition) is 6. The summed E-state index contributed by atoms with van der Waals surface area (Å²) in [6.45, 7) is 19.5. The lowest BCUT2D eigenvalue weighted by atomic mass is 9.63. The van der Waals surface area contributed by atoms with E-state index in [4.69, 9.17) is 28.4 Å². The second-order valence-corrected chi connectivity index (χ2v) is 13.7.